The zero-order valence-corrected chi connectivity index (χ0v) is 14.6. The highest BCUT2D eigenvalue weighted by Gasteiger charge is 2.04. The zero-order valence-electron chi connectivity index (χ0n) is 11.5. The van der Waals surface area contributed by atoms with Crippen molar-refractivity contribution in [1.82, 2.24) is 10.2 Å². The molecule has 0 radical (unpaired) electrons. The topological polar surface area (TPSA) is 27.6 Å². The van der Waals surface area contributed by atoms with Crippen LogP contribution in [0.1, 0.15) is 31.6 Å². The fourth-order valence-corrected chi connectivity index (χ4v) is 2.15. The fraction of sp³-hybridized carbons (Fsp3) is 0.615. The van der Waals surface area contributed by atoms with Gasteiger partial charge in [0.1, 0.15) is 0 Å². The molecule has 0 atom stereocenters. The van der Waals surface area contributed by atoms with Crippen molar-refractivity contribution in [1.29, 1.82) is 0 Å². The molecule has 18 heavy (non-hydrogen) atoms. The Morgan fingerprint density at radius 3 is 2.78 bits per heavy atom. The van der Waals surface area contributed by atoms with E-state index in [9.17, 15) is 0 Å². The Morgan fingerprint density at radius 1 is 1.44 bits per heavy atom. The largest absolute Gasteiger partial charge is 0.357 e. The van der Waals surface area contributed by atoms with Crippen LogP contribution in [0, 0.1) is 0 Å². The highest BCUT2D eigenvalue weighted by molar-refractivity contribution is 14.0. The van der Waals surface area contributed by atoms with Gasteiger partial charge < -0.3 is 10.2 Å². The van der Waals surface area contributed by atoms with Crippen LogP contribution in [0.5, 0.6) is 0 Å². The normalized spacial score (nSPS) is 10.9. The van der Waals surface area contributed by atoms with Gasteiger partial charge >= 0.3 is 0 Å². The van der Waals surface area contributed by atoms with Crippen LogP contribution in [-0.2, 0) is 6.54 Å². The summed E-state index contributed by atoms with van der Waals surface area (Å²) in [6.07, 6.45) is 2.43. The van der Waals surface area contributed by atoms with E-state index in [1.165, 1.54) is 17.7 Å². The van der Waals surface area contributed by atoms with E-state index in [2.05, 4.69) is 53.6 Å². The van der Waals surface area contributed by atoms with E-state index in [0.29, 0.717) is 0 Å². The van der Waals surface area contributed by atoms with Crippen molar-refractivity contribution in [2.24, 2.45) is 4.99 Å². The van der Waals surface area contributed by atoms with Crippen molar-refractivity contribution in [3.63, 3.8) is 0 Å². The van der Waals surface area contributed by atoms with E-state index in [4.69, 9.17) is 0 Å². The molecule has 104 valence electrons. The first-order valence-electron chi connectivity index (χ1n) is 6.29. The van der Waals surface area contributed by atoms with Gasteiger partial charge in [0.25, 0.3) is 0 Å². The molecule has 1 aromatic rings. The van der Waals surface area contributed by atoms with Gasteiger partial charge in [0.05, 0.1) is 6.54 Å². The Hall–Kier alpha value is -0.300. The fourth-order valence-electron chi connectivity index (χ4n) is 1.53. The molecule has 0 saturated heterocycles. The monoisotopic (exact) mass is 381 g/mol. The third-order valence-corrected chi connectivity index (χ3v) is 3.37. The lowest BCUT2D eigenvalue weighted by atomic mass is 10.3. The van der Waals surface area contributed by atoms with Crippen LogP contribution in [0.3, 0.4) is 0 Å². The molecular formula is C13H24IN3S. The molecule has 1 N–H and O–H groups in total. The second kappa shape index (κ2) is 10.6. The van der Waals surface area contributed by atoms with Crippen LogP contribution < -0.4 is 5.32 Å². The predicted molar refractivity (Wildman–Crippen MR) is 92.1 cm³/mol. The minimum absolute atomic E-state index is 0. The Bertz CT molecular complexity index is 325. The number of hydrogen-bond acceptors (Lipinski definition) is 2. The molecule has 0 saturated carbocycles. The van der Waals surface area contributed by atoms with Crippen molar-refractivity contribution in [3.8, 4) is 0 Å². The predicted octanol–water partition coefficient (Wildman–Crippen LogP) is 3.56. The molecule has 1 heterocycles. The van der Waals surface area contributed by atoms with Crippen LogP contribution in [0.4, 0.5) is 0 Å². The lowest BCUT2D eigenvalue weighted by molar-refractivity contribution is 0.465. The van der Waals surface area contributed by atoms with Gasteiger partial charge in [0.15, 0.2) is 5.96 Å². The number of nitrogens with zero attached hydrogens (tertiary/aromatic N) is 2. The summed E-state index contributed by atoms with van der Waals surface area (Å²) < 4.78 is 0. The van der Waals surface area contributed by atoms with Gasteiger partial charge in [-0.1, -0.05) is 19.4 Å². The number of rotatable bonds is 6. The second-order valence-corrected chi connectivity index (χ2v) is 5.06. The van der Waals surface area contributed by atoms with Gasteiger partial charge in [-0.2, -0.15) is 0 Å². The Balaban J connectivity index is 0.00000289. The standard InChI is InChI=1S/C13H23N3S.HI/c1-4-6-9-16(3)13(14-5-2)15-11-12-8-7-10-17-12;/h7-8,10H,4-6,9,11H2,1-3H3,(H,14,15);1H. The SMILES string of the molecule is CCCCN(C)C(=NCc1cccs1)NCC.I. The maximum atomic E-state index is 4.65. The summed E-state index contributed by atoms with van der Waals surface area (Å²) in [5.41, 5.74) is 0. The van der Waals surface area contributed by atoms with Crippen molar-refractivity contribution in [3.05, 3.63) is 22.4 Å². The Kier molecular flexibility index (Phi) is 10.4. The van der Waals surface area contributed by atoms with Crippen LogP contribution in [0.15, 0.2) is 22.5 Å². The van der Waals surface area contributed by atoms with E-state index >= 15 is 0 Å². The molecule has 1 aromatic heterocycles. The molecule has 0 aliphatic carbocycles. The summed E-state index contributed by atoms with van der Waals surface area (Å²) in [5, 5.41) is 5.43. The summed E-state index contributed by atoms with van der Waals surface area (Å²) in [7, 11) is 2.10. The summed E-state index contributed by atoms with van der Waals surface area (Å²) in [4.78, 5) is 8.17. The van der Waals surface area contributed by atoms with E-state index in [1.54, 1.807) is 11.3 Å². The third kappa shape index (κ3) is 6.58. The van der Waals surface area contributed by atoms with Crippen molar-refractivity contribution < 1.29 is 0 Å². The average molecular weight is 381 g/mol. The average Bonchev–Trinajstić information content (AvgIpc) is 2.84. The van der Waals surface area contributed by atoms with E-state index < -0.39 is 0 Å². The molecule has 0 aliphatic heterocycles. The quantitative estimate of drug-likeness (QED) is 0.464. The van der Waals surface area contributed by atoms with Gasteiger partial charge in [0, 0.05) is 25.0 Å². The molecule has 1 rings (SSSR count). The zero-order chi connectivity index (χ0) is 12.5. The van der Waals surface area contributed by atoms with Crippen LogP contribution in [-0.4, -0.2) is 31.0 Å². The number of hydrogen-bond donors (Lipinski definition) is 1. The molecule has 0 aliphatic rings. The Morgan fingerprint density at radius 2 is 2.22 bits per heavy atom. The molecule has 0 spiro atoms. The lowest BCUT2D eigenvalue weighted by Gasteiger charge is -2.21. The molecule has 0 bridgehead atoms. The first-order chi connectivity index (χ1) is 8.27. The molecule has 5 heteroatoms. The first kappa shape index (κ1) is 17.7. The maximum absolute atomic E-state index is 4.65. The molecule has 3 nitrogen and oxygen atoms in total. The van der Waals surface area contributed by atoms with Crippen LogP contribution in [0.2, 0.25) is 0 Å². The first-order valence-corrected chi connectivity index (χ1v) is 7.17. The molecule has 0 fully saturated rings. The summed E-state index contributed by atoms with van der Waals surface area (Å²) in [6, 6.07) is 4.20. The third-order valence-electron chi connectivity index (χ3n) is 2.51. The highest BCUT2D eigenvalue weighted by Crippen LogP contribution is 2.09. The molecule has 0 amide bonds. The lowest BCUT2D eigenvalue weighted by Crippen LogP contribution is -2.39. The van der Waals surface area contributed by atoms with Gasteiger partial charge in [0.2, 0.25) is 0 Å². The minimum atomic E-state index is 0. The number of guanidine groups is 1. The van der Waals surface area contributed by atoms with Crippen molar-refractivity contribution in [2.75, 3.05) is 20.1 Å². The molecular weight excluding hydrogens is 357 g/mol. The van der Waals surface area contributed by atoms with Gasteiger partial charge in [-0.05, 0) is 24.8 Å². The Labute approximate surface area is 132 Å². The summed E-state index contributed by atoms with van der Waals surface area (Å²) in [6.45, 7) is 7.07. The van der Waals surface area contributed by atoms with Crippen molar-refractivity contribution >= 4 is 41.3 Å². The van der Waals surface area contributed by atoms with Crippen LogP contribution in [0.25, 0.3) is 0 Å². The number of unbranched alkanes of at least 4 members (excludes halogenated alkanes) is 1. The second-order valence-electron chi connectivity index (χ2n) is 4.02. The number of thiophene rings is 1. The number of nitrogens with one attached hydrogen (secondary N) is 1. The van der Waals surface area contributed by atoms with E-state index in [-0.39, 0.29) is 24.0 Å². The number of aliphatic imine (C=N–C) groups is 1. The van der Waals surface area contributed by atoms with E-state index in [1.807, 2.05) is 0 Å². The highest BCUT2D eigenvalue weighted by atomic mass is 127. The van der Waals surface area contributed by atoms with Gasteiger partial charge in [-0.25, -0.2) is 4.99 Å². The van der Waals surface area contributed by atoms with Gasteiger partial charge in [-0.3, -0.25) is 0 Å². The minimum Gasteiger partial charge on any atom is -0.357 e. The van der Waals surface area contributed by atoms with Crippen LogP contribution >= 0.6 is 35.3 Å². The smallest absolute Gasteiger partial charge is 0.194 e. The summed E-state index contributed by atoms with van der Waals surface area (Å²) in [5.74, 6) is 1.01. The molecule has 0 unspecified atom stereocenters. The van der Waals surface area contributed by atoms with Gasteiger partial charge in [-0.15, -0.1) is 35.3 Å². The maximum Gasteiger partial charge on any atom is 0.194 e. The van der Waals surface area contributed by atoms with E-state index in [0.717, 1.165) is 25.6 Å². The summed E-state index contributed by atoms with van der Waals surface area (Å²) >= 11 is 1.76. The molecule has 0 aromatic carbocycles. The van der Waals surface area contributed by atoms with Crippen molar-refractivity contribution in [2.45, 2.75) is 33.2 Å². The number of halogens is 1.